The van der Waals surface area contributed by atoms with Gasteiger partial charge in [0.05, 0.1) is 0 Å². The van der Waals surface area contributed by atoms with Gasteiger partial charge in [0, 0.05) is 23.9 Å². The molecule has 0 N–H and O–H groups in total. The number of aromatic nitrogens is 1. The fourth-order valence-corrected chi connectivity index (χ4v) is 2.04. The average molecular weight is 179 g/mol. The van der Waals surface area contributed by atoms with Gasteiger partial charge in [-0.15, -0.1) is 0 Å². The molecule has 0 aliphatic rings. The smallest absolute Gasteiger partial charge is 0.0260 e. The molecule has 1 heteroatoms. The monoisotopic (exact) mass is 179 g/mol. The van der Waals surface area contributed by atoms with E-state index in [-0.39, 0.29) is 5.41 Å². The maximum atomic E-state index is 2.37. The van der Waals surface area contributed by atoms with Gasteiger partial charge in [-0.1, -0.05) is 20.8 Å². The van der Waals surface area contributed by atoms with Gasteiger partial charge in [0.2, 0.25) is 0 Å². The van der Waals surface area contributed by atoms with E-state index in [0.29, 0.717) is 0 Å². The fraction of sp³-hybridized carbons (Fsp3) is 0.667. The van der Waals surface area contributed by atoms with Crippen LogP contribution in [0.15, 0.2) is 6.20 Å². The molecule has 74 valence electrons. The Balaban J connectivity index is 3.33. The topological polar surface area (TPSA) is 4.93 Å². The predicted molar refractivity (Wildman–Crippen MR) is 58.3 cm³/mol. The molecule has 0 atom stereocenters. The van der Waals surface area contributed by atoms with Crippen molar-refractivity contribution in [2.45, 2.75) is 53.5 Å². The van der Waals surface area contributed by atoms with Crippen molar-refractivity contribution in [3.63, 3.8) is 0 Å². The summed E-state index contributed by atoms with van der Waals surface area (Å²) in [7, 11) is 0. The molecule has 13 heavy (non-hydrogen) atoms. The summed E-state index contributed by atoms with van der Waals surface area (Å²) >= 11 is 0. The van der Waals surface area contributed by atoms with Gasteiger partial charge in [0.1, 0.15) is 0 Å². The van der Waals surface area contributed by atoms with Crippen LogP contribution in [0.4, 0.5) is 0 Å². The summed E-state index contributed by atoms with van der Waals surface area (Å²) in [5.41, 5.74) is 4.60. The lowest BCUT2D eigenvalue weighted by atomic mass is 9.89. The molecule has 0 aromatic carbocycles. The van der Waals surface area contributed by atoms with Gasteiger partial charge in [-0.05, 0) is 31.9 Å². The molecular formula is C12H21N. The molecule has 0 amide bonds. The minimum absolute atomic E-state index is 0.258. The Kier molecular flexibility index (Phi) is 2.56. The van der Waals surface area contributed by atoms with E-state index in [1.165, 1.54) is 16.8 Å². The van der Waals surface area contributed by atoms with Crippen LogP contribution in [0.25, 0.3) is 0 Å². The molecule has 1 rings (SSSR count). The van der Waals surface area contributed by atoms with Gasteiger partial charge >= 0.3 is 0 Å². The standard InChI is InChI=1S/C12H21N/c1-7-13-8-9(2)10(3)11(13)12(4,5)6/h8H,7H2,1-6H3. The fourth-order valence-electron chi connectivity index (χ4n) is 2.04. The van der Waals surface area contributed by atoms with Gasteiger partial charge in [0.25, 0.3) is 0 Å². The zero-order valence-corrected chi connectivity index (χ0v) is 9.73. The van der Waals surface area contributed by atoms with Gasteiger partial charge < -0.3 is 4.57 Å². The molecule has 0 spiro atoms. The van der Waals surface area contributed by atoms with Crippen molar-refractivity contribution in [1.29, 1.82) is 0 Å². The molecule has 0 aliphatic heterocycles. The Bertz CT molecular complexity index is 300. The minimum Gasteiger partial charge on any atom is -0.351 e. The lowest BCUT2D eigenvalue weighted by molar-refractivity contribution is 0.522. The van der Waals surface area contributed by atoms with Gasteiger partial charge in [-0.25, -0.2) is 0 Å². The summed E-state index contributed by atoms with van der Waals surface area (Å²) < 4.78 is 2.37. The van der Waals surface area contributed by atoms with Crippen molar-refractivity contribution < 1.29 is 0 Å². The Morgan fingerprint density at radius 2 is 1.77 bits per heavy atom. The van der Waals surface area contributed by atoms with Crippen LogP contribution in [-0.2, 0) is 12.0 Å². The lowest BCUT2D eigenvalue weighted by Crippen LogP contribution is -2.18. The van der Waals surface area contributed by atoms with Crippen molar-refractivity contribution in [3.05, 3.63) is 23.0 Å². The molecule has 0 saturated carbocycles. The second-order valence-electron chi connectivity index (χ2n) is 4.82. The number of nitrogens with zero attached hydrogens (tertiary/aromatic N) is 1. The first-order chi connectivity index (χ1) is 5.88. The molecule has 1 heterocycles. The zero-order chi connectivity index (χ0) is 10.2. The van der Waals surface area contributed by atoms with Crippen molar-refractivity contribution in [2.75, 3.05) is 0 Å². The highest BCUT2D eigenvalue weighted by Gasteiger charge is 2.21. The third-order valence-corrected chi connectivity index (χ3v) is 2.63. The summed E-state index contributed by atoms with van der Waals surface area (Å²) in [5, 5.41) is 0. The van der Waals surface area contributed by atoms with Crippen LogP contribution in [0.5, 0.6) is 0 Å². The first-order valence-corrected chi connectivity index (χ1v) is 5.04. The first kappa shape index (κ1) is 10.4. The maximum Gasteiger partial charge on any atom is 0.0260 e. The minimum atomic E-state index is 0.258. The summed E-state index contributed by atoms with van der Waals surface area (Å²) in [4.78, 5) is 0. The van der Waals surface area contributed by atoms with E-state index in [0.717, 1.165) is 6.54 Å². The number of hydrogen-bond acceptors (Lipinski definition) is 0. The molecule has 0 radical (unpaired) electrons. The maximum absolute atomic E-state index is 2.37. The van der Waals surface area contributed by atoms with Crippen LogP contribution in [0, 0.1) is 13.8 Å². The van der Waals surface area contributed by atoms with Gasteiger partial charge in [0.15, 0.2) is 0 Å². The predicted octanol–water partition coefficient (Wildman–Crippen LogP) is 3.42. The van der Waals surface area contributed by atoms with E-state index < -0.39 is 0 Å². The van der Waals surface area contributed by atoms with E-state index in [1.807, 2.05) is 0 Å². The van der Waals surface area contributed by atoms with Crippen LogP contribution in [-0.4, -0.2) is 4.57 Å². The van der Waals surface area contributed by atoms with Gasteiger partial charge in [-0.3, -0.25) is 0 Å². The molecule has 0 unspecified atom stereocenters. The highest BCUT2D eigenvalue weighted by Crippen LogP contribution is 2.28. The van der Waals surface area contributed by atoms with Crippen molar-refractivity contribution >= 4 is 0 Å². The normalized spacial score (nSPS) is 12.2. The van der Waals surface area contributed by atoms with E-state index in [4.69, 9.17) is 0 Å². The zero-order valence-electron chi connectivity index (χ0n) is 9.73. The molecule has 1 aromatic rings. The van der Waals surface area contributed by atoms with Crippen molar-refractivity contribution in [2.24, 2.45) is 0 Å². The Morgan fingerprint density at radius 1 is 1.23 bits per heavy atom. The van der Waals surface area contributed by atoms with Crippen LogP contribution in [0.1, 0.15) is 44.5 Å². The average Bonchev–Trinajstić information content (AvgIpc) is 2.26. The van der Waals surface area contributed by atoms with E-state index in [2.05, 4.69) is 52.3 Å². The largest absolute Gasteiger partial charge is 0.351 e. The lowest BCUT2D eigenvalue weighted by Gasteiger charge is -2.22. The second kappa shape index (κ2) is 3.21. The Morgan fingerprint density at radius 3 is 2.08 bits per heavy atom. The van der Waals surface area contributed by atoms with Crippen molar-refractivity contribution in [3.8, 4) is 0 Å². The highest BCUT2D eigenvalue weighted by atomic mass is 15.0. The Labute approximate surface area is 81.8 Å². The third kappa shape index (κ3) is 1.79. The highest BCUT2D eigenvalue weighted by molar-refractivity contribution is 5.34. The molecule has 1 aromatic heterocycles. The molecule has 1 nitrogen and oxygen atoms in total. The van der Waals surface area contributed by atoms with Gasteiger partial charge in [-0.2, -0.15) is 0 Å². The van der Waals surface area contributed by atoms with E-state index >= 15 is 0 Å². The third-order valence-electron chi connectivity index (χ3n) is 2.63. The number of rotatable bonds is 1. The second-order valence-corrected chi connectivity index (χ2v) is 4.82. The SMILES string of the molecule is CCn1cc(C)c(C)c1C(C)(C)C. The van der Waals surface area contributed by atoms with Crippen LogP contribution < -0.4 is 0 Å². The molecule has 0 aliphatic carbocycles. The summed E-state index contributed by atoms with van der Waals surface area (Å²) in [6.07, 6.45) is 2.26. The summed E-state index contributed by atoms with van der Waals surface area (Å²) in [6, 6.07) is 0. The molecule has 0 fully saturated rings. The quantitative estimate of drug-likeness (QED) is 0.622. The van der Waals surface area contributed by atoms with Crippen molar-refractivity contribution in [1.82, 2.24) is 4.57 Å². The first-order valence-electron chi connectivity index (χ1n) is 5.04. The Hall–Kier alpha value is -0.720. The number of aryl methyl sites for hydroxylation is 2. The molecule has 0 bridgehead atoms. The summed E-state index contributed by atoms with van der Waals surface area (Å²) in [5.74, 6) is 0. The summed E-state index contributed by atoms with van der Waals surface area (Å²) in [6.45, 7) is 14.5. The van der Waals surface area contributed by atoms with E-state index in [1.54, 1.807) is 0 Å². The van der Waals surface area contributed by atoms with E-state index in [9.17, 15) is 0 Å². The number of hydrogen-bond donors (Lipinski definition) is 0. The molecular weight excluding hydrogens is 158 g/mol. The van der Waals surface area contributed by atoms with Crippen LogP contribution >= 0.6 is 0 Å². The van der Waals surface area contributed by atoms with Crippen LogP contribution in [0.2, 0.25) is 0 Å². The molecule has 0 saturated heterocycles. The van der Waals surface area contributed by atoms with Crippen LogP contribution in [0.3, 0.4) is 0 Å².